The smallest absolute Gasteiger partial charge is 0.416 e. The number of amides is 1. The van der Waals surface area contributed by atoms with E-state index in [2.05, 4.69) is 5.32 Å². The van der Waals surface area contributed by atoms with Gasteiger partial charge in [0, 0.05) is 6.08 Å². The number of halogens is 3. The van der Waals surface area contributed by atoms with Gasteiger partial charge in [-0.2, -0.15) is 13.2 Å². The van der Waals surface area contributed by atoms with Crippen LogP contribution >= 0.6 is 0 Å². The molecule has 1 unspecified atom stereocenters. The molecule has 1 amide bonds. The van der Waals surface area contributed by atoms with Crippen LogP contribution in [0.3, 0.4) is 0 Å². The van der Waals surface area contributed by atoms with Gasteiger partial charge in [-0.3, -0.25) is 4.79 Å². The Morgan fingerprint density at radius 2 is 1.96 bits per heavy atom. The highest BCUT2D eigenvalue weighted by Gasteiger charge is 2.29. The minimum Gasteiger partial charge on any atom is -0.467 e. The molecule has 2 aromatic rings. The molecule has 0 aliphatic carbocycles. The van der Waals surface area contributed by atoms with Crippen LogP contribution in [0.4, 0.5) is 13.2 Å². The van der Waals surface area contributed by atoms with E-state index in [4.69, 9.17) is 4.42 Å². The van der Waals surface area contributed by atoms with Crippen molar-refractivity contribution in [3.05, 3.63) is 65.6 Å². The van der Waals surface area contributed by atoms with Crippen molar-refractivity contribution < 1.29 is 27.5 Å². The van der Waals surface area contributed by atoms with Crippen molar-refractivity contribution in [2.45, 2.75) is 12.2 Å². The Morgan fingerprint density at radius 3 is 2.48 bits per heavy atom. The summed E-state index contributed by atoms with van der Waals surface area (Å²) >= 11 is 0. The molecule has 0 fully saturated rings. The first-order valence-electron chi connectivity index (χ1n) is 6.70. The third-order valence-electron chi connectivity index (χ3n) is 3.05. The maximum Gasteiger partial charge on any atom is 0.416 e. The molecule has 0 radical (unpaired) electrons. The van der Waals surface area contributed by atoms with Crippen molar-refractivity contribution in [2.24, 2.45) is 0 Å². The molecule has 122 valence electrons. The van der Waals surface area contributed by atoms with E-state index in [-0.39, 0.29) is 6.61 Å². The van der Waals surface area contributed by atoms with Crippen LogP contribution < -0.4 is 5.32 Å². The van der Waals surface area contributed by atoms with Gasteiger partial charge >= 0.3 is 6.18 Å². The zero-order valence-corrected chi connectivity index (χ0v) is 11.9. The molecular formula is C16H14F3NO3. The quantitative estimate of drug-likeness (QED) is 0.830. The Hall–Kier alpha value is -2.54. The van der Waals surface area contributed by atoms with Gasteiger partial charge in [0.1, 0.15) is 11.8 Å². The van der Waals surface area contributed by atoms with E-state index in [1.54, 1.807) is 12.1 Å². The van der Waals surface area contributed by atoms with Crippen LogP contribution in [0.1, 0.15) is 22.9 Å². The number of furan rings is 1. The van der Waals surface area contributed by atoms with Crippen LogP contribution in [0.15, 0.2) is 53.2 Å². The molecule has 1 atom stereocenters. The SMILES string of the molecule is O=C(/C=C/c1ccc(C(F)(F)F)cc1)NC(CO)c1ccco1. The molecular weight excluding hydrogens is 311 g/mol. The highest BCUT2D eigenvalue weighted by Crippen LogP contribution is 2.29. The van der Waals surface area contributed by atoms with Gasteiger partial charge in [0.15, 0.2) is 0 Å². The van der Waals surface area contributed by atoms with Gasteiger partial charge in [-0.05, 0) is 35.9 Å². The minimum absolute atomic E-state index is 0.340. The zero-order chi connectivity index (χ0) is 16.9. The molecule has 1 aromatic heterocycles. The van der Waals surface area contributed by atoms with Crippen molar-refractivity contribution in [1.82, 2.24) is 5.32 Å². The minimum atomic E-state index is -4.39. The van der Waals surface area contributed by atoms with Gasteiger partial charge in [0.05, 0.1) is 18.4 Å². The Kier molecular flexibility index (Phi) is 5.23. The van der Waals surface area contributed by atoms with Crippen molar-refractivity contribution in [3.8, 4) is 0 Å². The van der Waals surface area contributed by atoms with Crippen molar-refractivity contribution in [3.63, 3.8) is 0 Å². The summed E-state index contributed by atoms with van der Waals surface area (Å²) in [5.74, 6) is -0.0934. The molecule has 2 rings (SSSR count). The predicted octanol–water partition coefficient (Wildman–Crippen LogP) is 3.16. The normalized spacial score (nSPS) is 13.2. The molecule has 0 bridgehead atoms. The van der Waals surface area contributed by atoms with E-state index in [1.807, 2.05) is 0 Å². The molecule has 0 aliphatic heterocycles. The number of hydrogen-bond acceptors (Lipinski definition) is 3. The Morgan fingerprint density at radius 1 is 1.26 bits per heavy atom. The fourth-order valence-electron chi connectivity index (χ4n) is 1.87. The van der Waals surface area contributed by atoms with Gasteiger partial charge in [0.25, 0.3) is 0 Å². The van der Waals surface area contributed by atoms with Crippen molar-refractivity contribution >= 4 is 12.0 Å². The van der Waals surface area contributed by atoms with Crippen LogP contribution in [0, 0.1) is 0 Å². The number of rotatable bonds is 5. The molecule has 2 N–H and O–H groups in total. The highest BCUT2D eigenvalue weighted by molar-refractivity contribution is 5.91. The maximum absolute atomic E-state index is 12.4. The lowest BCUT2D eigenvalue weighted by atomic mass is 10.1. The number of carbonyl (C=O) groups excluding carboxylic acids is 1. The predicted molar refractivity (Wildman–Crippen MR) is 77.2 cm³/mol. The van der Waals surface area contributed by atoms with Crippen LogP contribution in [0.5, 0.6) is 0 Å². The standard InChI is InChI=1S/C16H14F3NO3/c17-16(18,19)12-6-3-11(4-7-12)5-8-15(22)20-13(10-21)14-2-1-9-23-14/h1-9,13,21H,10H2,(H,20,22)/b8-5+. The zero-order valence-electron chi connectivity index (χ0n) is 11.9. The molecule has 0 saturated heterocycles. The average molecular weight is 325 g/mol. The monoisotopic (exact) mass is 325 g/mol. The fraction of sp³-hybridized carbons (Fsp3) is 0.188. The highest BCUT2D eigenvalue weighted by atomic mass is 19.4. The van der Waals surface area contributed by atoms with E-state index in [9.17, 15) is 23.1 Å². The first-order valence-corrected chi connectivity index (χ1v) is 6.70. The van der Waals surface area contributed by atoms with Crippen LogP contribution in [0.2, 0.25) is 0 Å². The third kappa shape index (κ3) is 4.72. The van der Waals surface area contributed by atoms with Crippen LogP contribution in [-0.2, 0) is 11.0 Å². The molecule has 0 aliphatic rings. The largest absolute Gasteiger partial charge is 0.467 e. The summed E-state index contributed by atoms with van der Waals surface area (Å²) in [5.41, 5.74) is -0.302. The molecule has 4 nitrogen and oxygen atoms in total. The van der Waals surface area contributed by atoms with E-state index in [0.29, 0.717) is 11.3 Å². The van der Waals surface area contributed by atoms with Crippen LogP contribution in [-0.4, -0.2) is 17.6 Å². The number of aliphatic hydroxyl groups excluding tert-OH is 1. The number of benzene rings is 1. The maximum atomic E-state index is 12.4. The second kappa shape index (κ2) is 7.15. The lowest BCUT2D eigenvalue weighted by Gasteiger charge is -2.12. The Bertz CT molecular complexity index is 661. The molecule has 0 spiro atoms. The lowest BCUT2D eigenvalue weighted by Crippen LogP contribution is -2.28. The first kappa shape index (κ1) is 16.8. The van der Waals surface area contributed by atoms with E-state index in [1.165, 1.54) is 30.5 Å². The van der Waals surface area contributed by atoms with Crippen molar-refractivity contribution in [1.29, 1.82) is 0 Å². The topological polar surface area (TPSA) is 62.5 Å². The van der Waals surface area contributed by atoms with E-state index >= 15 is 0 Å². The van der Waals surface area contributed by atoms with Gasteiger partial charge in [-0.1, -0.05) is 12.1 Å². The summed E-state index contributed by atoms with van der Waals surface area (Å²) in [4.78, 5) is 11.8. The van der Waals surface area contributed by atoms with Gasteiger partial charge < -0.3 is 14.8 Å². The second-order valence-corrected chi connectivity index (χ2v) is 4.71. The number of alkyl halides is 3. The average Bonchev–Trinajstić information content (AvgIpc) is 3.04. The van der Waals surface area contributed by atoms with Gasteiger partial charge in [0.2, 0.25) is 5.91 Å². The third-order valence-corrected chi connectivity index (χ3v) is 3.05. The lowest BCUT2D eigenvalue weighted by molar-refractivity contribution is -0.137. The summed E-state index contributed by atoms with van der Waals surface area (Å²) in [5, 5.41) is 11.8. The molecule has 0 saturated carbocycles. The second-order valence-electron chi connectivity index (χ2n) is 4.71. The molecule has 1 heterocycles. The number of carbonyl (C=O) groups is 1. The number of nitrogens with one attached hydrogen (secondary N) is 1. The van der Waals surface area contributed by atoms with Gasteiger partial charge in [-0.25, -0.2) is 0 Å². The summed E-state index contributed by atoms with van der Waals surface area (Å²) in [7, 11) is 0. The van der Waals surface area contributed by atoms with Gasteiger partial charge in [-0.15, -0.1) is 0 Å². The Balaban J connectivity index is 1.98. The first-order chi connectivity index (χ1) is 10.9. The molecule has 23 heavy (non-hydrogen) atoms. The molecule has 7 heteroatoms. The summed E-state index contributed by atoms with van der Waals surface area (Å²) in [6.07, 6.45) is -0.417. The van der Waals surface area contributed by atoms with Crippen molar-refractivity contribution in [2.75, 3.05) is 6.61 Å². The summed E-state index contributed by atoms with van der Waals surface area (Å²) in [6, 6.07) is 6.97. The molecule has 1 aromatic carbocycles. The Labute approximate surface area is 130 Å². The fourth-order valence-corrected chi connectivity index (χ4v) is 1.87. The van der Waals surface area contributed by atoms with E-state index in [0.717, 1.165) is 12.1 Å². The summed E-state index contributed by atoms with van der Waals surface area (Å²) < 4.78 is 42.4. The van der Waals surface area contributed by atoms with E-state index < -0.39 is 23.7 Å². The number of aliphatic hydroxyl groups is 1. The number of hydrogen-bond donors (Lipinski definition) is 2. The summed E-state index contributed by atoms with van der Waals surface area (Å²) in [6.45, 7) is -0.340. The van der Waals surface area contributed by atoms with Crippen LogP contribution in [0.25, 0.3) is 6.08 Å².